The van der Waals surface area contributed by atoms with Crippen molar-refractivity contribution in [2.75, 3.05) is 25.0 Å². The lowest BCUT2D eigenvalue weighted by Gasteiger charge is -2.37. The Bertz CT molecular complexity index is 981. The van der Waals surface area contributed by atoms with Gasteiger partial charge in [-0.2, -0.15) is 0 Å². The highest BCUT2D eigenvalue weighted by Crippen LogP contribution is 2.42. The van der Waals surface area contributed by atoms with Gasteiger partial charge in [0.15, 0.2) is 0 Å². The van der Waals surface area contributed by atoms with Crippen molar-refractivity contribution in [1.82, 2.24) is 10.2 Å². The van der Waals surface area contributed by atoms with Gasteiger partial charge in [-0.05, 0) is 41.0 Å². The minimum Gasteiger partial charge on any atom is -0.487 e. The van der Waals surface area contributed by atoms with Crippen molar-refractivity contribution in [3.05, 3.63) is 48.0 Å². The number of carbonyl (C=O) groups is 3. The number of likely N-dealkylation sites (tertiary alicyclic amines) is 1. The molecule has 3 amide bonds. The van der Waals surface area contributed by atoms with Crippen molar-refractivity contribution in [3.63, 3.8) is 0 Å². The van der Waals surface area contributed by atoms with E-state index >= 15 is 0 Å². The van der Waals surface area contributed by atoms with Crippen LogP contribution >= 0.6 is 0 Å². The van der Waals surface area contributed by atoms with Gasteiger partial charge in [-0.1, -0.05) is 18.2 Å². The fourth-order valence-electron chi connectivity index (χ4n) is 4.18. The predicted octanol–water partition coefficient (Wildman–Crippen LogP) is 2.88. The van der Waals surface area contributed by atoms with Crippen LogP contribution in [0.5, 0.6) is 5.75 Å². The second-order valence-corrected chi connectivity index (χ2v) is 8.03. The van der Waals surface area contributed by atoms with Crippen molar-refractivity contribution >= 4 is 24.1 Å². The number of ether oxygens (including phenoxy) is 1. The molecule has 0 atom stereocenters. The van der Waals surface area contributed by atoms with Gasteiger partial charge < -0.3 is 25.4 Å². The molecule has 2 aromatic carbocycles. The molecule has 8 nitrogen and oxygen atoms in total. The highest BCUT2D eigenvalue weighted by Gasteiger charge is 2.41. The third kappa shape index (κ3) is 4.79. The van der Waals surface area contributed by atoms with E-state index in [0.29, 0.717) is 5.69 Å². The molecule has 2 aliphatic rings. The number of nitrogens with one attached hydrogen (secondary N) is 2. The summed E-state index contributed by atoms with van der Waals surface area (Å²) in [6, 6.07) is 13.7. The number of amides is 3. The largest absolute Gasteiger partial charge is 0.487 e. The molecular formula is C23H25N3O5. The summed E-state index contributed by atoms with van der Waals surface area (Å²) < 4.78 is 6.30. The number of carboxylic acid groups (broad SMARTS) is 1. The average molecular weight is 423 g/mol. The zero-order valence-corrected chi connectivity index (χ0v) is 17.1. The number of hydrogen-bond donors (Lipinski definition) is 3. The molecule has 2 aliphatic heterocycles. The molecule has 0 bridgehead atoms. The third-order valence-corrected chi connectivity index (χ3v) is 5.89. The fourth-order valence-corrected chi connectivity index (χ4v) is 4.18. The van der Waals surface area contributed by atoms with E-state index in [4.69, 9.17) is 9.84 Å². The number of nitrogens with zero attached hydrogens (tertiary/aromatic N) is 1. The Morgan fingerprint density at radius 3 is 2.48 bits per heavy atom. The van der Waals surface area contributed by atoms with E-state index in [9.17, 15) is 14.4 Å². The Labute approximate surface area is 180 Å². The molecule has 2 heterocycles. The van der Waals surface area contributed by atoms with Crippen LogP contribution in [0, 0.1) is 0 Å². The molecule has 162 valence electrons. The normalized spacial score (nSPS) is 16.3. The molecule has 0 aromatic heterocycles. The van der Waals surface area contributed by atoms with Crippen molar-refractivity contribution in [1.29, 1.82) is 0 Å². The Morgan fingerprint density at radius 2 is 1.81 bits per heavy atom. The summed E-state index contributed by atoms with van der Waals surface area (Å²) in [5, 5.41) is 13.5. The predicted molar refractivity (Wildman–Crippen MR) is 115 cm³/mol. The van der Waals surface area contributed by atoms with Gasteiger partial charge in [0.05, 0.1) is 0 Å². The Hall–Kier alpha value is -3.55. The first kappa shape index (κ1) is 20.7. The Morgan fingerprint density at radius 1 is 1.10 bits per heavy atom. The minimum atomic E-state index is -1.14. The lowest BCUT2D eigenvalue weighted by atomic mass is 9.87. The van der Waals surface area contributed by atoms with Gasteiger partial charge >= 0.3 is 6.09 Å². The number of rotatable bonds is 6. The quantitative estimate of drug-likeness (QED) is 0.619. The van der Waals surface area contributed by atoms with Crippen LogP contribution < -0.4 is 15.4 Å². The molecule has 8 heteroatoms. The maximum absolute atomic E-state index is 11.9. The number of carbonyl (C=O) groups excluding carboxylic acids is 2. The van der Waals surface area contributed by atoms with E-state index < -0.39 is 6.09 Å². The first-order valence-corrected chi connectivity index (χ1v) is 10.3. The van der Waals surface area contributed by atoms with Crippen LogP contribution in [0.2, 0.25) is 0 Å². The highest BCUT2D eigenvalue weighted by molar-refractivity contribution is 5.91. The van der Waals surface area contributed by atoms with Gasteiger partial charge in [-0.15, -0.1) is 0 Å². The Balaban J connectivity index is 1.38. The van der Waals surface area contributed by atoms with E-state index in [1.807, 2.05) is 36.4 Å². The van der Waals surface area contributed by atoms with Crippen LogP contribution in [0.4, 0.5) is 10.5 Å². The van der Waals surface area contributed by atoms with E-state index in [-0.39, 0.29) is 24.5 Å². The molecule has 2 aromatic rings. The van der Waals surface area contributed by atoms with Gasteiger partial charge in [-0.3, -0.25) is 9.59 Å². The van der Waals surface area contributed by atoms with Crippen molar-refractivity contribution in [2.24, 2.45) is 0 Å². The zero-order valence-electron chi connectivity index (χ0n) is 17.1. The van der Waals surface area contributed by atoms with Crippen LogP contribution in [0.15, 0.2) is 42.5 Å². The van der Waals surface area contributed by atoms with Gasteiger partial charge in [0.25, 0.3) is 0 Å². The summed E-state index contributed by atoms with van der Waals surface area (Å²) >= 11 is 0. The highest BCUT2D eigenvalue weighted by atomic mass is 16.5. The van der Waals surface area contributed by atoms with E-state index in [0.717, 1.165) is 55.6 Å². The molecule has 1 spiro atoms. The zero-order chi connectivity index (χ0) is 21.8. The van der Waals surface area contributed by atoms with Gasteiger partial charge in [0.2, 0.25) is 12.3 Å². The van der Waals surface area contributed by atoms with Gasteiger partial charge in [0, 0.05) is 51.0 Å². The van der Waals surface area contributed by atoms with Crippen LogP contribution in [-0.4, -0.2) is 53.7 Å². The summed E-state index contributed by atoms with van der Waals surface area (Å²) in [6.07, 6.45) is 2.37. The van der Waals surface area contributed by atoms with Gasteiger partial charge in [-0.25, -0.2) is 4.79 Å². The molecule has 3 N–H and O–H groups in total. The smallest absolute Gasteiger partial charge is 0.404 e. The summed E-state index contributed by atoms with van der Waals surface area (Å²) in [4.78, 5) is 35.1. The first-order chi connectivity index (χ1) is 15.0. The molecular weight excluding hydrogens is 398 g/mol. The van der Waals surface area contributed by atoms with Crippen LogP contribution in [0.3, 0.4) is 0 Å². The van der Waals surface area contributed by atoms with Crippen molar-refractivity contribution < 1.29 is 24.2 Å². The van der Waals surface area contributed by atoms with Crippen molar-refractivity contribution in [2.45, 2.75) is 31.3 Å². The Kier molecular flexibility index (Phi) is 5.79. The summed E-state index contributed by atoms with van der Waals surface area (Å²) in [5.41, 5.74) is 3.75. The first-order valence-electron chi connectivity index (χ1n) is 10.3. The minimum absolute atomic E-state index is 0.0745. The lowest BCUT2D eigenvalue weighted by Crippen LogP contribution is -2.46. The van der Waals surface area contributed by atoms with Crippen LogP contribution in [-0.2, 0) is 16.0 Å². The standard InChI is InChI=1S/C23H25N3O5/c27-15-26-11-8-23(9-12-26)14-18-13-17(3-6-20(18)31-23)16-1-4-19(5-2-16)25-21(28)7-10-24-22(29)30/h1-6,13,15,24H,7-12,14H2,(H,25,28)(H,29,30). The number of anilines is 1. The van der Waals surface area contributed by atoms with Crippen LogP contribution in [0.25, 0.3) is 11.1 Å². The number of fused-ring (bicyclic) bond motifs is 1. The topological polar surface area (TPSA) is 108 Å². The average Bonchev–Trinajstić information content (AvgIpc) is 3.11. The second kappa shape index (κ2) is 8.67. The van der Waals surface area contributed by atoms with E-state index in [2.05, 4.69) is 16.7 Å². The summed E-state index contributed by atoms with van der Waals surface area (Å²) in [7, 11) is 0. The van der Waals surface area contributed by atoms with E-state index in [1.165, 1.54) is 5.56 Å². The molecule has 31 heavy (non-hydrogen) atoms. The van der Waals surface area contributed by atoms with Gasteiger partial charge in [0.1, 0.15) is 11.4 Å². The van der Waals surface area contributed by atoms with Crippen molar-refractivity contribution in [3.8, 4) is 16.9 Å². The fraction of sp³-hybridized carbons (Fsp3) is 0.348. The molecule has 1 fully saturated rings. The number of hydrogen-bond acceptors (Lipinski definition) is 4. The van der Waals surface area contributed by atoms with Crippen LogP contribution in [0.1, 0.15) is 24.8 Å². The van der Waals surface area contributed by atoms with E-state index in [1.54, 1.807) is 4.90 Å². The lowest BCUT2D eigenvalue weighted by molar-refractivity contribution is -0.121. The third-order valence-electron chi connectivity index (χ3n) is 5.89. The number of benzene rings is 2. The molecule has 0 unspecified atom stereocenters. The molecule has 0 aliphatic carbocycles. The summed E-state index contributed by atoms with van der Waals surface area (Å²) in [6.45, 7) is 1.53. The second-order valence-electron chi connectivity index (χ2n) is 8.03. The molecule has 0 radical (unpaired) electrons. The molecule has 4 rings (SSSR count). The summed E-state index contributed by atoms with van der Waals surface area (Å²) in [5.74, 6) is 0.671. The maximum atomic E-state index is 11.9. The SMILES string of the molecule is O=CN1CCC2(CC1)Cc1cc(-c3ccc(NC(=O)CCNC(=O)O)cc3)ccc1O2. The maximum Gasteiger partial charge on any atom is 0.404 e. The monoisotopic (exact) mass is 423 g/mol. The number of piperidine rings is 1. The molecule has 0 saturated carbocycles. The molecule has 1 saturated heterocycles.